The van der Waals surface area contributed by atoms with Gasteiger partial charge in [-0.25, -0.2) is 0 Å². The third kappa shape index (κ3) is 5.50. The van der Waals surface area contributed by atoms with Crippen molar-refractivity contribution in [2.45, 2.75) is 13.8 Å². The molecule has 0 bridgehead atoms. The Morgan fingerprint density at radius 1 is 1.13 bits per heavy atom. The third-order valence-corrected chi connectivity index (χ3v) is 6.07. The van der Waals surface area contributed by atoms with E-state index in [4.69, 9.17) is 26.4 Å². The van der Waals surface area contributed by atoms with Gasteiger partial charge in [0.1, 0.15) is 12.4 Å². The van der Waals surface area contributed by atoms with Gasteiger partial charge in [0, 0.05) is 0 Å². The summed E-state index contributed by atoms with van der Waals surface area (Å²) < 4.78 is 18.1. The van der Waals surface area contributed by atoms with Gasteiger partial charge in [0.2, 0.25) is 0 Å². The lowest BCUT2D eigenvalue weighted by molar-refractivity contribution is -0.113. The number of hydrogen-bond donors (Lipinski definition) is 0. The molecule has 0 radical (unpaired) electrons. The number of rotatable bonds is 9. The summed E-state index contributed by atoms with van der Waals surface area (Å²) in [6.45, 7) is 8.93. The summed E-state index contributed by atoms with van der Waals surface area (Å²) in [6.07, 6.45) is 3.47. The fourth-order valence-corrected chi connectivity index (χ4v) is 4.79. The molecule has 1 fully saturated rings. The minimum Gasteiger partial charge on any atom is -0.494 e. The molecule has 0 unspecified atom stereocenters. The van der Waals surface area contributed by atoms with Crippen LogP contribution in [0.3, 0.4) is 0 Å². The Labute approximate surface area is 200 Å². The molecule has 5 nitrogen and oxygen atoms in total. The maximum absolute atomic E-state index is 13.1. The Morgan fingerprint density at radius 2 is 1.84 bits per heavy atom. The zero-order chi connectivity index (χ0) is 22.4. The van der Waals surface area contributed by atoms with Gasteiger partial charge in [0.05, 0.1) is 28.3 Å². The molecule has 2 aromatic carbocycles. The Hall–Kier alpha value is -2.29. The molecular weight excluding hydrogens is 498 g/mol. The van der Waals surface area contributed by atoms with Crippen LogP contribution in [-0.2, 0) is 4.79 Å². The number of benzene rings is 2. The van der Waals surface area contributed by atoms with Gasteiger partial charge in [-0.1, -0.05) is 36.6 Å². The first kappa shape index (κ1) is 23.4. The first-order chi connectivity index (χ1) is 15.0. The molecule has 0 aromatic heterocycles. The second-order valence-electron chi connectivity index (χ2n) is 6.31. The molecular formula is C23H22BrNO4S2. The van der Waals surface area contributed by atoms with Crippen molar-refractivity contribution in [2.24, 2.45) is 0 Å². The van der Waals surface area contributed by atoms with Crippen LogP contribution in [-0.4, -0.2) is 30.0 Å². The number of amides is 1. The van der Waals surface area contributed by atoms with Gasteiger partial charge < -0.3 is 14.2 Å². The summed E-state index contributed by atoms with van der Waals surface area (Å²) in [5, 5.41) is 0. The van der Waals surface area contributed by atoms with Gasteiger partial charge in [-0.3, -0.25) is 9.69 Å². The number of nitrogens with zero attached hydrogens (tertiary/aromatic N) is 1. The molecule has 8 heteroatoms. The summed E-state index contributed by atoms with van der Waals surface area (Å²) in [5.41, 5.74) is 1.51. The van der Waals surface area contributed by atoms with Crippen LogP contribution in [0.5, 0.6) is 17.2 Å². The molecule has 1 saturated heterocycles. The highest BCUT2D eigenvalue weighted by atomic mass is 79.9. The molecule has 0 N–H and O–H groups in total. The summed E-state index contributed by atoms with van der Waals surface area (Å²) in [6, 6.07) is 11.0. The first-order valence-corrected chi connectivity index (χ1v) is 11.7. The van der Waals surface area contributed by atoms with Crippen molar-refractivity contribution < 1.29 is 19.0 Å². The van der Waals surface area contributed by atoms with Crippen LogP contribution < -0.4 is 19.1 Å². The fourth-order valence-electron chi connectivity index (χ4n) is 2.92. The lowest BCUT2D eigenvalue weighted by atomic mass is 10.1. The van der Waals surface area contributed by atoms with Gasteiger partial charge in [-0.2, -0.15) is 0 Å². The van der Waals surface area contributed by atoms with Crippen LogP contribution >= 0.6 is 39.9 Å². The second-order valence-corrected chi connectivity index (χ2v) is 8.84. The molecule has 0 atom stereocenters. The van der Waals surface area contributed by atoms with E-state index >= 15 is 0 Å². The van der Waals surface area contributed by atoms with Gasteiger partial charge in [-0.05, 0) is 77.8 Å². The first-order valence-electron chi connectivity index (χ1n) is 9.69. The standard InChI is InChI=1S/C23H22BrNO4S2/c1-4-11-29-21-18(24)12-15(13-19(21)28-6-3)14-20-22(26)25(23(30)31-20)16-7-9-17(10-8-16)27-5-2/h4,7-10,12-14H,1,5-6,11H2,2-3H3. The van der Waals surface area contributed by atoms with Crippen molar-refractivity contribution in [3.63, 3.8) is 0 Å². The molecule has 2 aromatic rings. The molecule has 0 aliphatic carbocycles. The zero-order valence-corrected chi connectivity index (χ0v) is 20.4. The topological polar surface area (TPSA) is 48.0 Å². The number of hydrogen-bond acceptors (Lipinski definition) is 6. The molecule has 31 heavy (non-hydrogen) atoms. The highest BCUT2D eigenvalue weighted by molar-refractivity contribution is 9.10. The average molecular weight is 520 g/mol. The molecule has 1 heterocycles. The number of carbonyl (C=O) groups excluding carboxylic acids is 1. The number of ether oxygens (including phenoxy) is 3. The molecule has 3 rings (SSSR count). The van der Waals surface area contributed by atoms with E-state index in [0.29, 0.717) is 46.2 Å². The number of halogens is 1. The maximum atomic E-state index is 13.1. The molecule has 0 saturated carbocycles. The third-order valence-electron chi connectivity index (χ3n) is 4.17. The van der Waals surface area contributed by atoms with E-state index in [1.807, 2.05) is 50.2 Å². The number of thiocarbonyl (C=S) groups is 1. The highest BCUT2D eigenvalue weighted by Gasteiger charge is 2.33. The van der Waals surface area contributed by atoms with Crippen LogP contribution in [0.4, 0.5) is 5.69 Å². The van der Waals surface area contributed by atoms with Gasteiger partial charge in [0.15, 0.2) is 15.8 Å². The van der Waals surface area contributed by atoms with Crippen molar-refractivity contribution in [2.75, 3.05) is 24.7 Å². The second kappa shape index (κ2) is 10.8. The van der Waals surface area contributed by atoms with E-state index in [9.17, 15) is 4.79 Å². The van der Waals surface area contributed by atoms with Crippen molar-refractivity contribution in [1.29, 1.82) is 0 Å². The van der Waals surface area contributed by atoms with E-state index in [2.05, 4.69) is 22.5 Å². The minimum atomic E-state index is -0.166. The maximum Gasteiger partial charge on any atom is 0.270 e. The smallest absolute Gasteiger partial charge is 0.270 e. The van der Waals surface area contributed by atoms with E-state index < -0.39 is 0 Å². The summed E-state index contributed by atoms with van der Waals surface area (Å²) in [7, 11) is 0. The van der Waals surface area contributed by atoms with Gasteiger partial charge in [-0.15, -0.1) is 0 Å². The minimum absolute atomic E-state index is 0.166. The number of thioether (sulfide) groups is 1. The van der Waals surface area contributed by atoms with Crippen molar-refractivity contribution in [1.82, 2.24) is 0 Å². The SMILES string of the molecule is C=CCOc1c(Br)cc(C=C2SC(=S)N(c3ccc(OCC)cc3)C2=O)cc1OCC. The van der Waals surface area contributed by atoms with Crippen LogP contribution in [0.25, 0.3) is 6.08 Å². The highest BCUT2D eigenvalue weighted by Crippen LogP contribution is 2.40. The Kier molecular flexibility index (Phi) is 8.17. The lowest BCUT2D eigenvalue weighted by Crippen LogP contribution is -2.27. The van der Waals surface area contributed by atoms with E-state index in [1.165, 1.54) is 16.7 Å². The van der Waals surface area contributed by atoms with E-state index in [0.717, 1.165) is 15.8 Å². The zero-order valence-electron chi connectivity index (χ0n) is 17.2. The Balaban J connectivity index is 1.89. The normalized spacial score (nSPS) is 14.8. The quantitative estimate of drug-likeness (QED) is 0.222. The van der Waals surface area contributed by atoms with Crippen LogP contribution in [0.2, 0.25) is 0 Å². The van der Waals surface area contributed by atoms with Gasteiger partial charge >= 0.3 is 0 Å². The average Bonchev–Trinajstić information content (AvgIpc) is 3.01. The molecule has 1 aliphatic heterocycles. The van der Waals surface area contributed by atoms with E-state index in [1.54, 1.807) is 12.2 Å². The Bertz CT molecular complexity index is 1020. The Morgan fingerprint density at radius 3 is 2.48 bits per heavy atom. The number of carbonyl (C=O) groups is 1. The fraction of sp³-hybridized carbons (Fsp3) is 0.217. The monoisotopic (exact) mass is 519 g/mol. The molecule has 1 aliphatic rings. The van der Waals surface area contributed by atoms with Gasteiger partial charge in [0.25, 0.3) is 5.91 Å². The predicted molar refractivity (Wildman–Crippen MR) is 134 cm³/mol. The van der Waals surface area contributed by atoms with Crippen molar-refractivity contribution in [3.8, 4) is 17.2 Å². The largest absolute Gasteiger partial charge is 0.494 e. The summed E-state index contributed by atoms with van der Waals surface area (Å²) in [4.78, 5) is 15.1. The predicted octanol–water partition coefficient (Wildman–Crippen LogP) is 6.22. The van der Waals surface area contributed by atoms with Crippen molar-refractivity contribution >= 4 is 61.9 Å². The summed E-state index contributed by atoms with van der Waals surface area (Å²) in [5.74, 6) is 1.77. The lowest BCUT2D eigenvalue weighted by Gasteiger charge is -2.15. The molecule has 1 amide bonds. The molecule has 0 spiro atoms. The van der Waals surface area contributed by atoms with E-state index in [-0.39, 0.29) is 5.91 Å². The summed E-state index contributed by atoms with van der Waals surface area (Å²) >= 11 is 10.3. The number of anilines is 1. The van der Waals surface area contributed by atoms with Crippen LogP contribution in [0, 0.1) is 0 Å². The van der Waals surface area contributed by atoms with Crippen LogP contribution in [0.1, 0.15) is 19.4 Å². The van der Waals surface area contributed by atoms with Crippen LogP contribution in [0.15, 0.2) is 58.4 Å². The van der Waals surface area contributed by atoms with Crippen molar-refractivity contribution in [3.05, 3.63) is 64.0 Å². The molecule has 162 valence electrons.